The maximum absolute atomic E-state index is 3.93. The lowest BCUT2D eigenvalue weighted by atomic mass is 9.95. The first-order valence-electron chi connectivity index (χ1n) is 5.43. The molecule has 2 rings (SSSR count). The van der Waals surface area contributed by atoms with Crippen LogP contribution in [0.4, 0.5) is 0 Å². The molecule has 0 saturated heterocycles. The van der Waals surface area contributed by atoms with Gasteiger partial charge in [-0.05, 0) is 28.7 Å². The monoisotopic (exact) mass is 196 g/mol. The van der Waals surface area contributed by atoms with Crippen LogP contribution in [0.1, 0.15) is 18.9 Å². The van der Waals surface area contributed by atoms with E-state index in [1.165, 1.54) is 16.3 Å². The van der Waals surface area contributed by atoms with E-state index in [2.05, 4.69) is 62.7 Å². The molecule has 1 atom stereocenters. The van der Waals surface area contributed by atoms with Crippen molar-refractivity contribution in [3.63, 3.8) is 0 Å². The molecule has 15 heavy (non-hydrogen) atoms. The van der Waals surface area contributed by atoms with Gasteiger partial charge in [0.25, 0.3) is 0 Å². The van der Waals surface area contributed by atoms with E-state index in [-0.39, 0.29) is 0 Å². The summed E-state index contributed by atoms with van der Waals surface area (Å²) >= 11 is 0. The first-order valence-corrected chi connectivity index (χ1v) is 5.43. The lowest BCUT2D eigenvalue weighted by molar-refractivity contribution is 0.699. The lowest BCUT2D eigenvalue weighted by Crippen LogP contribution is -1.95. The van der Waals surface area contributed by atoms with Gasteiger partial charge in [-0.2, -0.15) is 0 Å². The van der Waals surface area contributed by atoms with Crippen LogP contribution < -0.4 is 0 Å². The van der Waals surface area contributed by atoms with Crippen molar-refractivity contribution in [1.82, 2.24) is 0 Å². The van der Waals surface area contributed by atoms with Crippen LogP contribution in [0.5, 0.6) is 0 Å². The number of rotatable bonds is 3. The van der Waals surface area contributed by atoms with Gasteiger partial charge in [0.2, 0.25) is 0 Å². The van der Waals surface area contributed by atoms with Gasteiger partial charge in [0.15, 0.2) is 0 Å². The van der Waals surface area contributed by atoms with Gasteiger partial charge in [-0.15, -0.1) is 0 Å². The Morgan fingerprint density at radius 1 is 1.13 bits per heavy atom. The minimum atomic E-state index is 0.538. The minimum Gasteiger partial charge on any atom is -0.0619 e. The average molecular weight is 196 g/mol. The summed E-state index contributed by atoms with van der Waals surface area (Å²) < 4.78 is 0. The normalized spacial score (nSPS) is 12.9. The predicted molar refractivity (Wildman–Crippen MR) is 66.5 cm³/mol. The molecule has 0 fully saturated rings. The summed E-state index contributed by atoms with van der Waals surface area (Å²) in [5.74, 6) is 0.538. The Bertz CT molecular complexity index is 437. The summed E-state index contributed by atoms with van der Waals surface area (Å²) in [6.07, 6.45) is 3.25. The molecule has 0 spiro atoms. The molecule has 0 aliphatic carbocycles. The van der Waals surface area contributed by atoms with E-state index in [1.54, 1.807) is 0 Å². The Morgan fingerprint density at radius 3 is 2.67 bits per heavy atom. The first kappa shape index (κ1) is 10.2. The first-order chi connectivity index (χ1) is 7.31. The fourth-order valence-corrected chi connectivity index (χ4v) is 1.79. The zero-order valence-electron chi connectivity index (χ0n) is 9.11. The van der Waals surface area contributed by atoms with Crippen molar-refractivity contribution in [3.05, 3.63) is 61.4 Å². The van der Waals surface area contributed by atoms with Gasteiger partial charge in [0.1, 0.15) is 0 Å². The number of benzene rings is 2. The lowest BCUT2D eigenvalue weighted by Gasteiger charge is -2.10. The molecule has 2 aromatic carbocycles. The maximum atomic E-state index is 3.93. The highest BCUT2D eigenvalue weighted by Crippen LogP contribution is 2.23. The standard InChI is InChI=1S/C15H16/c1-3-12(2)11-14-9-6-8-13-7-4-5-10-15(13)14/h4-12H,1,3H2,2H3. The fraction of sp³-hybridized carbons (Fsp3) is 0.200. The summed E-state index contributed by atoms with van der Waals surface area (Å²) in [4.78, 5) is 0. The Balaban J connectivity index is 2.42. The highest BCUT2D eigenvalue weighted by atomic mass is 14.1. The molecule has 0 nitrogen and oxygen atoms in total. The fourth-order valence-electron chi connectivity index (χ4n) is 1.79. The average Bonchev–Trinajstić information content (AvgIpc) is 2.29. The molecule has 1 unspecified atom stereocenters. The van der Waals surface area contributed by atoms with Gasteiger partial charge >= 0.3 is 0 Å². The molecular weight excluding hydrogens is 180 g/mol. The van der Waals surface area contributed by atoms with E-state index in [4.69, 9.17) is 0 Å². The zero-order chi connectivity index (χ0) is 10.7. The smallest absolute Gasteiger partial charge is 0.00585 e. The van der Waals surface area contributed by atoms with Crippen molar-refractivity contribution in [2.45, 2.75) is 13.3 Å². The molecule has 0 saturated carbocycles. The molecule has 0 N–H and O–H groups in total. The van der Waals surface area contributed by atoms with Crippen LogP contribution >= 0.6 is 0 Å². The van der Waals surface area contributed by atoms with Crippen molar-refractivity contribution >= 4 is 10.8 Å². The molecule has 2 radical (unpaired) electrons. The minimum absolute atomic E-state index is 0.538. The van der Waals surface area contributed by atoms with E-state index in [9.17, 15) is 0 Å². The maximum Gasteiger partial charge on any atom is -0.00585 e. The quantitative estimate of drug-likeness (QED) is 0.688. The van der Waals surface area contributed by atoms with Crippen LogP contribution in [-0.2, 0) is 0 Å². The molecule has 0 aromatic heterocycles. The van der Waals surface area contributed by atoms with Gasteiger partial charge in [-0.25, -0.2) is 0 Å². The van der Waals surface area contributed by atoms with Crippen molar-refractivity contribution in [3.8, 4) is 0 Å². The van der Waals surface area contributed by atoms with E-state index >= 15 is 0 Å². The molecule has 0 heteroatoms. The Hall–Kier alpha value is -1.30. The summed E-state index contributed by atoms with van der Waals surface area (Å²) in [6.45, 7) is 6.13. The SMILES string of the molecule is [CH2]CC(C)[CH]c1cccc2ccccc12. The van der Waals surface area contributed by atoms with Crippen LogP contribution in [-0.4, -0.2) is 0 Å². The van der Waals surface area contributed by atoms with Crippen LogP contribution in [0.25, 0.3) is 10.8 Å². The van der Waals surface area contributed by atoms with Crippen LogP contribution in [0.3, 0.4) is 0 Å². The number of fused-ring (bicyclic) bond motifs is 1. The molecular formula is C15H16. The molecule has 2 aromatic rings. The Kier molecular flexibility index (Phi) is 3.05. The number of hydrogen-bond acceptors (Lipinski definition) is 0. The van der Waals surface area contributed by atoms with E-state index in [0.29, 0.717) is 5.92 Å². The summed E-state index contributed by atoms with van der Waals surface area (Å²) in [7, 11) is 0. The molecule has 0 aliphatic rings. The van der Waals surface area contributed by atoms with Crippen molar-refractivity contribution in [1.29, 1.82) is 0 Å². The largest absolute Gasteiger partial charge is 0.0619 e. The number of hydrogen-bond donors (Lipinski definition) is 0. The molecule has 0 amide bonds. The van der Waals surface area contributed by atoms with E-state index in [0.717, 1.165) is 6.42 Å². The van der Waals surface area contributed by atoms with Crippen LogP contribution in [0.15, 0.2) is 42.5 Å². The third kappa shape index (κ3) is 2.20. The summed E-state index contributed by atoms with van der Waals surface area (Å²) in [6, 6.07) is 14.9. The van der Waals surface area contributed by atoms with Gasteiger partial charge < -0.3 is 0 Å². The third-order valence-corrected chi connectivity index (χ3v) is 2.74. The van der Waals surface area contributed by atoms with Crippen molar-refractivity contribution in [2.75, 3.05) is 0 Å². The Morgan fingerprint density at radius 2 is 1.87 bits per heavy atom. The van der Waals surface area contributed by atoms with Gasteiger partial charge in [-0.3, -0.25) is 0 Å². The third-order valence-electron chi connectivity index (χ3n) is 2.74. The second kappa shape index (κ2) is 4.48. The van der Waals surface area contributed by atoms with E-state index in [1.807, 2.05) is 0 Å². The topological polar surface area (TPSA) is 0 Å². The molecule has 0 aliphatic heterocycles. The van der Waals surface area contributed by atoms with Gasteiger partial charge in [-0.1, -0.05) is 62.7 Å². The second-order valence-electron chi connectivity index (χ2n) is 4.00. The summed E-state index contributed by atoms with van der Waals surface area (Å²) in [5, 5.41) is 2.64. The Labute approximate surface area is 91.9 Å². The van der Waals surface area contributed by atoms with Crippen molar-refractivity contribution in [2.24, 2.45) is 5.92 Å². The van der Waals surface area contributed by atoms with E-state index < -0.39 is 0 Å². The van der Waals surface area contributed by atoms with Crippen molar-refractivity contribution < 1.29 is 0 Å². The molecule has 0 bridgehead atoms. The highest BCUT2D eigenvalue weighted by Gasteiger charge is 2.04. The zero-order valence-corrected chi connectivity index (χ0v) is 9.11. The summed E-state index contributed by atoms with van der Waals surface area (Å²) in [5.41, 5.74) is 1.32. The second-order valence-corrected chi connectivity index (χ2v) is 4.00. The predicted octanol–water partition coefficient (Wildman–Crippen LogP) is 4.25. The van der Waals surface area contributed by atoms with Gasteiger partial charge in [0.05, 0.1) is 0 Å². The molecule has 76 valence electrons. The highest BCUT2D eigenvalue weighted by molar-refractivity contribution is 5.86. The van der Waals surface area contributed by atoms with Gasteiger partial charge in [0, 0.05) is 0 Å². The van der Waals surface area contributed by atoms with Crippen LogP contribution in [0.2, 0.25) is 0 Å². The van der Waals surface area contributed by atoms with Crippen LogP contribution in [0, 0.1) is 19.3 Å². The molecule has 0 heterocycles.